The van der Waals surface area contributed by atoms with Gasteiger partial charge in [-0.15, -0.1) is 0 Å². The highest BCUT2D eigenvalue weighted by Gasteiger charge is 2.40. The maximum absolute atomic E-state index is 12.2. The van der Waals surface area contributed by atoms with Crippen molar-refractivity contribution >= 4 is 71.5 Å². The van der Waals surface area contributed by atoms with Gasteiger partial charge in [0.05, 0.1) is 32.7 Å². The van der Waals surface area contributed by atoms with Crippen LogP contribution in [0.15, 0.2) is 18.3 Å². The molecule has 0 unspecified atom stereocenters. The van der Waals surface area contributed by atoms with Crippen molar-refractivity contribution in [3.63, 3.8) is 0 Å². The second-order valence-electron chi connectivity index (χ2n) is 13.6. The standard InChI is InChI=1S/C36H20N2O24/c39-13-1-2-8(20(46)25(51)23(49)15(2)41)37(11-21(47)26(52)28(54)27(53)22(11)48)7(1)19(45)17(43)5(13)6-14(40)3-4-10-34(30(56)24(50)16(4)42)60-62-36-12-35(31(57)29(55)32(36)58)61-59-33(18(6)44)9(3)38(10)12/h39-58H. The summed E-state index contributed by atoms with van der Waals surface area (Å²) in [6, 6.07) is 0. The van der Waals surface area contributed by atoms with Crippen molar-refractivity contribution in [3.05, 3.63) is 0 Å². The van der Waals surface area contributed by atoms with Gasteiger partial charge in [-0.25, -0.2) is 0 Å². The van der Waals surface area contributed by atoms with Gasteiger partial charge >= 0.3 is 0 Å². The van der Waals surface area contributed by atoms with E-state index in [-0.39, 0.29) is 4.57 Å². The van der Waals surface area contributed by atoms with Crippen LogP contribution in [0.5, 0.6) is 115 Å². The summed E-state index contributed by atoms with van der Waals surface area (Å²) in [6.07, 6.45) is 0. The Kier molecular flexibility index (Phi) is 6.46. The third kappa shape index (κ3) is 3.73. The Labute approximate surface area is 332 Å². The zero-order chi connectivity index (χ0) is 44.8. The first-order valence-electron chi connectivity index (χ1n) is 16.7. The van der Waals surface area contributed by atoms with Crippen molar-refractivity contribution in [3.8, 4) is 132 Å². The number of nitrogens with zero attached hydrogens (tertiary/aromatic N) is 2. The molecule has 6 aromatic carbocycles. The van der Waals surface area contributed by atoms with E-state index in [1.54, 1.807) is 0 Å². The normalized spacial score (nSPS) is 12.2. The number of aromatic nitrogens is 2. The van der Waals surface area contributed by atoms with Gasteiger partial charge in [0.15, 0.2) is 51.5 Å². The summed E-state index contributed by atoms with van der Waals surface area (Å²) in [4.78, 5) is 0. The van der Waals surface area contributed by atoms with Crippen LogP contribution in [0.25, 0.3) is 88.3 Å². The molecular weight excluding hydrogens is 844 g/mol. The summed E-state index contributed by atoms with van der Waals surface area (Å²) in [5.41, 5.74) is -12.0. The molecule has 0 aliphatic heterocycles. The van der Waals surface area contributed by atoms with E-state index in [0.717, 1.165) is 4.40 Å². The summed E-state index contributed by atoms with van der Waals surface area (Å²) in [5, 5.41) is 217. The van der Waals surface area contributed by atoms with Gasteiger partial charge in [-0.1, -0.05) is 0 Å². The molecule has 0 amide bonds. The molecule has 0 saturated heterocycles. The van der Waals surface area contributed by atoms with Gasteiger partial charge in [-0.05, 0) is 0 Å². The molecule has 10 aromatic rings. The maximum Gasteiger partial charge on any atom is 0.252 e. The molecule has 10 rings (SSSR count). The molecule has 0 spiro atoms. The van der Waals surface area contributed by atoms with Crippen LogP contribution in [0, 0.1) is 0 Å². The lowest BCUT2D eigenvalue weighted by Crippen LogP contribution is -1.98. The second kappa shape index (κ2) is 11.0. The van der Waals surface area contributed by atoms with E-state index in [9.17, 15) is 102 Å². The van der Waals surface area contributed by atoms with Crippen molar-refractivity contribution in [1.82, 2.24) is 8.97 Å². The number of hydrogen-bond acceptors (Lipinski definition) is 24. The summed E-state index contributed by atoms with van der Waals surface area (Å²) in [5.74, 6) is -29.1. The van der Waals surface area contributed by atoms with Crippen LogP contribution in [-0.4, -0.2) is 111 Å². The molecular formula is C36H20N2O24. The summed E-state index contributed by atoms with van der Waals surface area (Å²) >= 11 is 0. The predicted octanol–water partition coefficient (Wildman–Crippen LogP) is 4.36. The van der Waals surface area contributed by atoms with Gasteiger partial charge in [-0.2, -0.15) is 0 Å². The van der Waals surface area contributed by atoms with Crippen LogP contribution in [0.4, 0.5) is 0 Å². The first-order chi connectivity index (χ1) is 29.2. The molecule has 20 N–H and O–H groups in total. The fourth-order valence-corrected chi connectivity index (χ4v) is 7.93. The maximum atomic E-state index is 12.2. The van der Waals surface area contributed by atoms with Crippen LogP contribution >= 0.6 is 0 Å². The average Bonchev–Trinajstić information content (AvgIpc) is 3.64. The highest BCUT2D eigenvalue weighted by molar-refractivity contribution is 6.28. The number of hydrogen-bond donors (Lipinski definition) is 20. The quantitative estimate of drug-likeness (QED) is 0.0651. The van der Waals surface area contributed by atoms with Crippen LogP contribution in [0.3, 0.4) is 0 Å². The molecule has 4 heterocycles. The predicted molar refractivity (Wildman–Crippen MR) is 198 cm³/mol. The fourth-order valence-electron chi connectivity index (χ4n) is 7.93. The number of fused-ring (bicyclic) bond motifs is 4. The molecule has 26 nitrogen and oxygen atoms in total. The van der Waals surface area contributed by atoms with Gasteiger partial charge < -0.3 is 102 Å². The van der Waals surface area contributed by atoms with Crippen molar-refractivity contribution in [2.75, 3.05) is 0 Å². The van der Waals surface area contributed by atoms with Gasteiger partial charge in [-0.3, -0.25) is 27.3 Å². The average molecular weight is 865 g/mol. The SMILES string of the molecule is Oc1c(O)c(O)c(-n2c3c(O)c(O)c(O)c(O)c3c3c(O)c(-c4c(O)c5ooc6c(O)c(O)c(O)c7ooc8c(O)c(O)c(O)c9c(c4O)c5n(c76)c89)c(O)c(O)c32)c(O)c1O. The van der Waals surface area contributed by atoms with Crippen LogP contribution < -0.4 is 0 Å². The lowest BCUT2D eigenvalue weighted by Gasteiger charge is -2.18. The van der Waals surface area contributed by atoms with Crippen LogP contribution in [-0.2, 0) is 0 Å². The third-order valence-corrected chi connectivity index (χ3v) is 10.7. The van der Waals surface area contributed by atoms with E-state index in [1.165, 1.54) is 0 Å². The van der Waals surface area contributed by atoms with Crippen LogP contribution in [0.2, 0.25) is 0 Å². The summed E-state index contributed by atoms with van der Waals surface area (Å²) in [6.45, 7) is 0. The minimum atomic E-state index is -1.63. The lowest BCUT2D eigenvalue weighted by atomic mass is 9.94. The van der Waals surface area contributed by atoms with E-state index in [0.29, 0.717) is 0 Å². The Hall–Kier alpha value is -9.88. The highest BCUT2D eigenvalue weighted by atomic mass is 17.0. The second-order valence-corrected chi connectivity index (χ2v) is 13.6. The Bertz CT molecular complexity index is 3780. The van der Waals surface area contributed by atoms with Crippen molar-refractivity contribution in [2.45, 2.75) is 0 Å². The van der Waals surface area contributed by atoms with E-state index in [4.69, 9.17) is 18.3 Å². The van der Waals surface area contributed by atoms with Gasteiger partial charge in [0.25, 0.3) is 11.2 Å². The zero-order valence-electron chi connectivity index (χ0n) is 29.5. The molecule has 0 fully saturated rings. The first-order valence-corrected chi connectivity index (χ1v) is 16.7. The number of aromatic hydroxyl groups is 20. The first kappa shape index (κ1) is 36.5. The van der Waals surface area contributed by atoms with E-state index in [1.807, 2.05) is 0 Å². The van der Waals surface area contributed by atoms with Gasteiger partial charge in [0.2, 0.25) is 68.7 Å². The number of phenols is 20. The van der Waals surface area contributed by atoms with Crippen molar-refractivity contribution in [2.24, 2.45) is 0 Å². The molecule has 318 valence electrons. The fraction of sp³-hybridized carbons (Fsp3) is 0. The van der Waals surface area contributed by atoms with E-state index < -0.39 is 203 Å². The molecule has 0 bridgehead atoms. The largest absolute Gasteiger partial charge is 0.506 e. The molecule has 0 saturated carbocycles. The summed E-state index contributed by atoms with van der Waals surface area (Å²) in [7, 11) is 0. The Morgan fingerprint density at radius 3 is 1.00 bits per heavy atom. The zero-order valence-corrected chi connectivity index (χ0v) is 29.5. The topological polar surface area (TPSA) is 467 Å². The molecule has 0 radical (unpaired) electrons. The third-order valence-electron chi connectivity index (χ3n) is 10.7. The summed E-state index contributed by atoms with van der Waals surface area (Å²) < 4.78 is 21.8. The molecule has 4 aromatic heterocycles. The smallest absolute Gasteiger partial charge is 0.252 e. The molecule has 0 atom stereocenters. The molecule has 62 heavy (non-hydrogen) atoms. The Morgan fingerprint density at radius 2 is 0.516 bits per heavy atom. The number of phenolic OH excluding ortho intramolecular Hbond substituents is 20. The minimum Gasteiger partial charge on any atom is -0.506 e. The highest BCUT2D eigenvalue weighted by Crippen LogP contribution is 2.65. The minimum absolute atomic E-state index is 0.198. The van der Waals surface area contributed by atoms with Crippen molar-refractivity contribution < 1.29 is 120 Å². The van der Waals surface area contributed by atoms with E-state index >= 15 is 0 Å². The van der Waals surface area contributed by atoms with Gasteiger partial charge in [0, 0.05) is 0 Å². The molecule has 26 heteroatoms. The van der Waals surface area contributed by atoms with Crippen LogP contribution in [0.1, 0.15) is 0 Å². The Morgan fingerprint density at radius 1 is 0.226 bits per heavy atom. The van der Waals surface area contributed by atoms with E-state index in [2.05, 4.69) is 0 Å². The van der Waals surface area contributed by atoms with Crippen molar-refractivity contribution in [1.29, 1.82) is 0 Å². The lowest BCUT2D eigenvalue weighted by molar-refractivity contribution is 0.0832. The number of benzene rings is 6. The Balaban J connectivity index is 1.49. The number of rotatable bonds is 2. The molecule has 0 aliphatic carbocycles. The molecule has 0 aliphatic rings. The monoisotopic (exact) mass is 864 g/mol. The van der Waals surface area contributed by atoms with Gasteiger partial charge in [0.1, 0.15) is 39.3 Å².